The fourth-order valence-electron chi connectivity index (χ4n) is 2.48. The smallest absolute Gasteiger partial charge is 0.0366 e. The minimum Gasteiger partial charge on any atom is -0.372 e. The van der Waals surface area contributed by atoms with Gasteiger partial charge in [0.05, 0.1) is 0 Å². The summed E-state index contributed by atoms with van der Waals surface area (Å²) in [6.07, 6.45) is 5.36. The van der Waals surface area contributed by atoms with E-state index in [4.69, 9.17) is 0 Å². The molecule has 1 aromatic rings. The molecular weight excluding hydrogens is 208 g/mol. The van der Waals surface area contributed by atoms with E-state index in [9.17, 15) is 0 Å². The molecule has 3 rings (SSSR count). The highest BCUT2D eigenvalue weighted by Crippen LogP contribution is 2.34. The summed E-state index contributed by atoms with van der Waals surface area (Å²) in [7, 11) is 0. The number of hydrogen-bond donors (Lipinski definition) is 1. The van der Waals surface area contributed by atoms with Crippen molar-refractivity contribution in [2.24, 2.45) is 0 Å². The predicted octanol–water partition coefficient (Wildman–Crippen LogP) is 2.93. The van der Waals surface area contributed by atoms with Crippen LogP contribution in [0.5, 0.6) is 0 Å². The van der Waals surface area contributed by atoms with Gasteiger partial charge in [-0.2, -0.15) is 0 Å². The van der Waals surface area contributed by atoms with Gasteiger partial charge in [0.15, 0.2) is 0 Å². The molecule has 2 heteroatoms. The van der Waals surface area contributed by atoms with Crippen LogP contribution < -0.4 is 10.2 Å². The second kappa shape index (κ2) is 4.34. The van der Waals surface area contributed by atoms with Gasteiger partial charge in [0, 0.05) is 30.9 Å². The largest absolute Gasteiger partial charge is 0.372 e. The van der Waals surface area contributed by atoms with Crippen molar-refractivity contribution in [2.45, 2.75) is 44.7 Å². The van der Waals surface area contributed by atoms with E-state index in [2.05, 4.69) is 41.4 Å². The maximum Gasteiger partial charge on any atom is 0.0366 e. The number of rotatable bonds is 4. The van der Waals surface area contributed by atoms with Gasteiger partial charge in [-0.15, -0.1) is 0 Å². The number of nitrogens with zero attached hydrogens (tertiary/aromatic N) is 1. The lowest BCUT2D eigenvalue weighted by molar-refractivity contribution is 0.538. The third-order valence-corrected chi connectivity index (χ3v) is 4.13. The lowest BCUT2D eigenvalue weighted by atomic mass is 10.2. The zero-order valence-corrected chi connectivity index (χ0v) is 10.7. The molecule has 0 radical (unpaired) electrons. The molecule has 0 aromatic heterocycles. The molecule has 92 valence electrons. The highest BCUT2D eigenvalue weighted by atomic mass is 15.1. The molecular formula is C15H22N2. The van der Waals surface area contributed by atoms with Gasteiger partial charge < -0.3 is 10.2 Å². The van der Waals surface area contributed by atoms with E-state index in [1.54, 1.807) is 0 Å². The molecule has 2 aliphatic rings. The molecule has 1 N–H and O–H groups in total. The summed E-state index contributed by atoms with van der Waals surface area (Å²) in [5, 5.41) is 3.62. The normalized spacial score (nSPS) is 21.8. The molecule has 0 unspecified atom stereocenters. The third-order valence-electron chi connectivity index (χ3n) is 4.13. The van der Waals surface area contributed by atoms with Gasteiger partial charge in [-0.25, -0.2) is 0 Å². The number of anilines is 1. The van der Waals surface area contributed by atoms with E-state index in [1.807, 2.05) is 0 Å². The first-order chi connectivity index (χ1) is 8.25. The predicted molar refractivity (Wildman–Crippen MR) is 72.4 cm³/mol. The molecule has 1 aromatic carbocycles. The van der Waals surface area contributed by atoms with Crippen molar-refractivity contribution in [1.82, 2.24) is 5.32 Å². The van der Waals surface area contributed by atoms with Gasteiger partial charge in [0.2, 0.25) is 0 Å². The zero-order valence-electron chi connectivity index (χ0n) is 10.7. The summed E-state index contributed by atoms with van der Waals surface area (Å²) in [4.78, 5) is 2.49. The van der Waals surface area contributed by atoms with Gasteiger partial charge in [-0.05, 0) is 50.3 Å². The molecule has 0 atom stereocenters. The molecule has 0 amide bonds. The summed E-state index contributed by atoms with van der Waals surface area (Å²) >= 11 is 0. The van der Waals surface area contributed by atoms with E-state index >= 15 is 0 Å². The van der Waals surface area contributed by atoms with E-state index < -0.39 is 0 Å². The molecule has 1 heterocycles. The minimum atomic E-state index is 0.438. The number of nitrogens with one attached hydrogen (secondary N) is 1. The monoisotopic (exact) mass is 230 g/mol. The molecule has 17 heavy (non-hydrogen) atoms. The molecule has 1 aliphatic heterocycles. The fourth-order valence-corrected chi connectivity index (χ4v) is 2.48. The average molecular weight is 230 g/mol. The summed E-state index contributed by atoms with van der Waals surface area (Å²) in [5.74, 6) is 0. The van der Waals surface area contributed by atoms with E-state index in [0.717, 1.165) is 6.54 Å². The molecule has 1 saturated heterocycles. The first kappa shape index (κ1) is 11.1. The zero-order chi connectivity index (χ0) is 11.7. The van der Waals surface area contributed by atoms with Crippen LogP contribution >= 0.6 is 0 Å². The molecule has 1 aliphatic carbocycles. The Kier molecular flexibility index (Phi) is 2.83. The van der Waals surface area contributed by atoms with Crippen LogP contribution in [0.2, 0.25) is 0 Å². The molecule has 0 bridgehead atoms. The first-order valence-electron chi connectivity index (χ1n) is 6.84. The lowest BCUT2D eigenvalue weighted by Gasteiger charge is -2.18. The standard InChI is InChI=1S/C15H22N2/c1-15(8-9-15)16-12-13-4-6-14(7-5-13)17-10-2-3-11-17/h4-7,16H,2-3,8-12H2,1H3. The number of benzene rings is 1. The summed E-state index contributed by atoms with van der Waals surface area (Å²) in [5.41, 5.74) is 3.23. The van der Waals surface area contributed by atoms with Crippen LogP contribution in [0.4, 0.5) is 5.69 Å². The Hall–Kier alpha value is -1.02. The minimum absolute atomic E-state index is 0.438. The molecule has 0 spiro atoms. The van der Waals surface area contributed by atoms with Crippen LogP contribution in [0.25, 0.3) is 0 Å². The Morgan fingerprint density at radius 2 is 1.76 bits per heavy atom. The van der Waals surface area contributed by atoms with Crippen molar-refractivity contribution < 1.29 is 0 Å². The van der Waals surface area contributed by atoms with Gasteiger partial charge in [-0.3, -0.25) is 0 Å². The lowest BCUT2D eigenvalue weighted by Crippen LogP contribution is -2.27. The Bertz CT molecular complexity index is 372. The Morgan fingerprint density at radius 1 is 1.12 bits per heavy atom. The highest BCUT2D eigenvalue weighted by Gasteiger charge is 2.36. The highest BCUT2D eigenvalue weighted by molar-refractivity contribution is 5.48. The average Bonchev–Trinajstić information content (AvgIpc) is 2.89. The topological polar surface area (TPSA) is 15.3 Å². The van der Waals surface area contributed by atoms with Crippen molar-refractivity contribution in [1.29, 1.82) is 0 Å². The van der Waals surface area contributed by atoms with Crippen LogP contribution in [0, 0.1) is 0 Å². The third kappa shape index (κ3) is 2.63. The Labute approximate surface area is 104 Å². The number of hydrogen-bond acceptors (Lipinski definition) is 2. The van der Waals surface area contributed by atoms with Crippen LogP contribution in [0.15, 0.2) is 24.3 Å². The molecule has 2 nitrogen and oxygen atoms in total. The second-order valence-electron chi connectivity index (χ2n) is 5.77. The summed E-state index contributed by atoms with van der Waals surface area (Å²) in [6.45, 7) is 5.79. The van der Waals surface area contributed by atoms with Crippen molar-refractivity contribution in [2.75, 3.05) is 18.0 Å². The summed E-state index contributed by atoms with van der Waals surface area (Å²) in [6, 6.07) is 9.09. The van der Waals surface area contributed by atoms with Gasteiger partial charge in [0.25, 0.3) is 0 Å². The Morgan fingerprint density at radius 3 is 2.35 bits per heavy atom. The van der Waals surface area contributed by atoms with Crippen LogP contribution in [-0.2, 0) is 6.54 Å². The molecule has 2 fully saturated rings. The Balaban J connectivity index is 1.59. The quantitative estimate of drug-likeness (QED) is 0.855. The van der Waals surface area contributed by atoms with Crippen molar-refractivity contribution in [3.8, 4) is 0 Å². The van der Waals surface area contributed by atoms with Gasteiger partial charge in [-0.1, -0.05) is 12.1 Å². The van der Waals surface area contributed by atoms with Gasteiger partial charge in [0.1, 0.15) is 0 Å². The van der Waals surface area contributed by atoms with Crippen molar-refractivity contribution in [3.63, 3.8) is 0 Å². The van der Waals surface area contributed by atoms with Crippen molar-refractivity contribution in [3.05, 3.63) is 29.8 Å². The van der Waals surface area contributed by atoms with E-state index in [-0.39, 0.29) is 0 Å². The van der Waals surface area contributed by atoms with Crippen LogP contribution in [-0.4, -0.2) is 18.6 Å². The maximum atomic E-state index is 3.62. The van der Waals surface area contributed by atoms with E-state index in [1.165, 1.54) is 50.0 Å². The molecule has 1 saturated carbocycles. The maximum absolute atomic E-state index is 3.62. The van der Waals surface area contributed by atoms with E-state index in [0.29, 0.717) is 5.54 Å². The second-order valence-corrected chi connectivity index (χ2v) is 5.77. The van der Waals surface area contributed by atoms with Crippen LogP contribution in [0.3, 0.4) is 0 Å². The fraction of sp³-hybridized carbons (Fsp3) is 0.600. The van der Waals surface area contributed by atoms with Gasteiger partial charge >= 0.3 is 0 Å². The van der Waals surface area contributed by atoms with Crippen molar-refractivity contribution >= 4 is 5.69 Å². The first-order valence-corrected chi connectivity index (χ1v) is 6.84. The van der Waals surface area contributed by atoms with Crippen LogP contribution in [0.1, 0.15) is 38.2 Å². The SMILES string of the molecule is CC1(NCc2ccc(N3CCCC3)cc2)CC1. The summed E-state index contributed by atoms with van der Waals surface area (Å²) < 4.78 is 0.